The Bertz CT molecular complexity index is 1090. The van der Waals surface area contributed by atoms with E-state index in [4.69, 9.17) is 4.74 Å². The lowest BCUT2D eigenvalue weighted by Gasteiger charge is -2.12. The third-order valence-electron chi connectivity index (χ3n) is 4.24. The van der Waals surface area contributed by atoms with Crippen LogP contribution in [0.2, 0.25) is 0 Å². The Morgan fingerprint density at radius 2 is 1.74 bits per heavy atom. The maximum atomic E-state index is 13.8. The van der Waals surface area contributed by atoms with Gasteiger partial charge in [-0.25, -0.2) is 14.0 Å². The van der Waals surface area contributed by atoms with Crippen LogP contribution in [0.3, 0.4) is 0 Å². The van der Waals surface area contributed by atoms with Crippen molar-refractivity contribution in [2.45, 2.75) is 13.1 Å². The van der Waals surface area contributed by atoms with Crippen molar-refractivity contribution in [1.82, 2.24) is 4.98 Å². The van der Waals surface area contributed by atoms with Gasteiger partial charge in [-0.3, -0.25) is 0 Å². The maximum absolute atomic E-state index is 13.8. The molecule has 0 fully saturated rings. The van der Waals surface area contributed by atoms with Gasteiger partial charge in [0.05, 0.1) is 23.4 Å². The summed E-state index contributed by atoms with van der Waals surface area (Å²) in [5, 5.41) is 4.47. The molecule has 2 amide bonds. The number of anilines is 2. The number of benzene rings is 2. The van der Waals surface area contributed by atoms with Gasteiger partial charge in [0.2, 0.25) is 0 Å². The monoisotopic (exact) mass is 435 g/mol. The Balaban J connectivity index is 1.71. The van der Waals surface area contributed by atoms with Gasteiger partial charge >= 0.3 is 18.2 Å². The first-order valence-electron chi connectivity index (χ1n) is 9.08. The highest BCUT2D eigenvalue weighted by atomic mass is 19.4. The molecular formula is C21H17F4N3O3. The van der Waals surface area contributed by atoms with Crippen molar-refractivity contribution in [1.29, 1.82) is 0 Å². The molecule has 0 bridgehead atoms. The summed E-state index contributed by atoms with van der Waals surface area (Å²) in [4.78, 5) is 26.9. The Morgan fingerprint density at radius 1 is 1.03 bits per heavy atom. The number of halogens is 4. The smallest absolute Gasteiger partial charge is 0.416 e. The van der Waals surface area contributed by atoms with Gasteiger partial charge in [0.25, 0.3) is 0 Å². The molecule has 3 N–H and O–H groups in total. The molecule has 162 valence electrons. The fourth-order valence-electron chi connectivity index (χ4n) is 2.80. The number of hydrogen-bond acceptors (Lipinski definition) is 3. The van der Waals surface area contributed by atoms with Crippen molar-refractivity contribution < 1.29 is 31.9 Å². The topological polar surface area (TPSA) is 83.2 Å². The summed E-state index contributed by atoms with van der Waals surface area (Å²) in [7, 11) is 0. The van der Waals surface area contributed by atoms with Gasteiger partial charge in [-0.1, -0.05) is 12.1 Å². The van der Waals surface area contributed by atoms with E-state index in [1.165, 1.54) is 18.3 Å². The molecule has 0 aliphatic rings. The van der Waals surface area contributed by atoms with Crippen LogP contribution in [0.5, 0.6) is 0 Å². The molecule has 3 aromatic rings. The molecule has 1 aromatic heterocycles. The van der Waals surface area contributed by atoms with E-state index < -0.39 is 35.2 Å². The minimum absolute atomic E-state index is 0.230. The molecule has 2 aromatic carbocycles. The molecule has 31 heavy (non-hydrogen) atoms. The van der Waals surface area contributed by atoms with Crippen molar-refractivity contribution in [2.75, 3.05) is 17.2 Å². The van der Waals surface area contributed by atoms with Gasteiger partial charge in [0, 0.05) is 23.6 Å². The van der Waals surface area contributed by atoms with E-state index >= 15 is 0 Å². The van der Waals surface area contributed by atoms with E-state index in [9.17, 15) is 27.2 Å². The lowest BCUT2D eigenvalue weighted by Crippen LogP contribution is -2.20. The third-order valence-corrected chi connectivity index (χ3v) is 4.24. The number of urea groups is 1. The highest BCUT2D eigenvalue weighted by Crippen LogP contribution is 2.32. The zero-order valence-electron chi connectivity index (χ0n) is 16.1. The Labute approximate surface area is 174 Å². The number of hydrogen-bond donors (Lipinski definition) is 3. The van der Waals surface area contributed by atoms with E-state index in [1.54, 1.807) is 25.3 Å². The number of carbonyl (C=O) groups is 2. The SMILES string of the molecule is CCOC(=O)c1c[nH]cc1-c1ccc(NC(=O)Nc2cc(C(F)(F)F)ccc2F)cc1. The first-order chi connectivity index (χ1) is 14.7. The van der Waals surface area contributed by atoms with Gasteiger partial charge < -0.3 is 20.4 Å². The van der Waals surface area contributed by atoms with Crippen LogP contribution in [0.4, 0.5) is 33.7 Å². The molecule has 0 unspecified atom stereocenters. The zero-order chi connectivity index (χ0) is 22.6. The van der Waals surface area contributed by atoms with Gasteiger partial charge in [-0.15, -0.1) is 0 Å². The number of aromatic amines is 1. The summed E-state index contributed by atoms with van der Waals surface area (Å²) in [6, 6.07) is 7.13. The Hall–Kier alpha value is -3.82. The second-order valence-electron chi connectivity index (χ2n) is 6.35. The van der Waals surface area contributed by atoms with Crippen LogP contribution >= 0.6 is 0 Å². The van der Waals surface area contributed by atoms with E-state index in [-0.39, 0.29) is 6.61 Å². The van der Waals surface area contributed by atoms with Crippen LogP contribution in [0.25, 0.3) is 11.1 Å². The lowest BCUT2D eigenvalue weighted by atomic mass is 10.0. The molecule has 0 aliphatic carbocycles. The normalized spacial score (nSPS) is 11.1. The second-order valence-corrected chi connectivity index (χ2v) is 6.35. The third kappa shape index (κ3) is 5.21. The summed E-state index contributed by atoms with van der Waals surface area (Å²) in [5.74, 6) is -1.49. The highest BCUT2D eigenvalue weighted by Gasteiger charge is 2.31. The average Bonchev–Trinajstić information content (AvgIpc) is 3.19. The number of alkyl halides is 3. The first kappa shape index (κ1) is 21.9. The molecule has 0 saturated carbocycles. The molecule has 0 spiro atoms. The van der Waals surface area contributed by atoms with Crippen LogP contribution in [0.1, 0.15) is 22.8 Å². The van der Waals surface area contributed by atoms with E-state index in [0.717, 1.165) is 0 Å². The van der Waals surface area contributed by atoms with Crippen LogP contribution in [0.15, 0.2) is 54.9 Å². The molecule has 0 radical (unpaired) electrons. The highest BCUT2D eigenvalue weighted by molar-refractivity contribution is 6.00. The van der Waals surface area contributed by atoms with Crippen molar-refractivity contribution in [3.8, 4) is 11.1 Å². The summed E-state index contributed by atoms with van der Waals surface area (Å²) >= 11 is 0. The molecule has 3 rings (SSSR count). The summed E-state index contributed by atoms with van der Waals surface area (Å²) < 4.78 is 57.1. The molecule has 10 heteroatoms. The zero-order valence-corrected chi connectivity index (χ0v) is 16.1. The van der Waals surface area contributed by atoms with Crippen molar-refractivity contribution in [2.24, 2.45) is 0 Å². The molecule has 1 heterocycles. The minimum atomic E-state index is -4.67. The predicted molar refractivity (Wildman–Crippen MR) is 106 cm³/mol. The predicted octanol–water partition coefficient (Wildman–Crippen LogP) is 5.66. The first-order valence-corrected chi connectivity index (χ1v) is 9.08. The van der Waals surface area contributed by atoms with Gasteiger partial charge in [-0.05, 0) is 42.8 Å². The minimum Gasteiger partial charge on any atom is -0.462 e. The largest absolute Gasteiger partial charge is 0.462 e. The molecule has 0 atom stereocenters. The van der Waals surface area contributed by atoms with Crippen molar-refractivity contribution >= 4 is 23.4 Å². The number of rotatable bonds is 5. The Morgan fingerprint density at radius 3 is 2.39 bits per heavy atom. The van der Waals surface area contributed by atoms with E-state index in [2.05, 4.69) is 15.6 Å². The number of ether oxygens (including phenoxy) is 1. The van der Waals surface area contributed by atoms with Crippen molar-refractivity contribution in [3.05, 3.63) is 71.8 Å². The second kappa shape index (κ2) is 8.90. The van der Waals surface area contributed by atoms with Crippen LogP contribution in [0, 0.1) is 5.82 Å². The fraction of sp³-hybridized carbons (Fsp3) is 0.143. The summed E-state index contributed by atoms with van der Waals surface area (Å²) in [6.45, 7) is 1.93. The molecule has 0 aliphatic heterocycles. The number of nitrogens with one attached hydrogen (secondary N) is 3. The van der Waals surface area contributed by atoms with Gasteiger partial charge in [0.15, 0.2) is 0 Å². The van der Waals surface area contributed by atoms with Crippen molar-refractivity contribution in [3.63, 3.8) is 0 Å². The number of carbonyl (C=O) groups excluding carboxylic acids is 2. The lowest BCUT2D eigenvalue weighted by molar-refractivity contribution is -0.137. The summed E-state index contributed by atoms with van der Waals surface area (Å²) in [6.07, 6.45) is -1.54. The summed E-state index contributed by atoms with van der Waals surface area (Å²) in [5.41, 5.74) is 0.231. The molecule has 6 nitrogen and oxygen atoms in total. The standard InChI is InChI=1S/C21H17F4N3O3/c1-2-31-19(29)16-11-26-10-15(16)12-3-6-14(7-4-12)27-20(30)28-18-9-13(21(23,24)25)5-8-17(18)22/h3-11,26H,2H2,1H3,(H2,27,28,30). The van der Waals surface area contributed by atoms with Crippen LogP contribution < -0.4 is 10.6 Å². The number of amides is 2. The average molecular weight is 435 g/mol. The molecule has 0 saturated heterocycles. The number of esters is 1. The van der Waals surface area contributed by atoms with Gasteiger partial charge in [0.1, 0.15) is 5.82 Å². The quantitative estimate of drug-likeness (QED) is 0.357. The maximum Gasteiger partial charge on any atom is 0.416 e. The van der Waals surface area contributed by atoms with E-state index in [0.29, 0.717) is 40.6 Å². The number of H-pyrrole nitrogens is 1. The van der Waals surface area contributed by atoms with Crippen LogP contribution in [-0.2, 0) is 10.9 Å². The number of aromatic nitrogens is 1. The van der Waals surface area contributed by atoms with E-state index in [1.807, 2.05) is 0 Å². The fourth-order valence-corrected chi connectivity index (χ4v) is 2.80. The van der Waals surface area contributed by atoms with Crippen LogP contribution in [-0.4, -0.2) is 23.6 Å². The Kier molecular flexibility index (Phi) is 6.28. The molecular weight excluding hydrogens is 418 g/mol. The van der Waals surface area contributed by atoms with Gasteiger partial charge in [-0.2, -0.15) is 13.2 Å².